The predicted octanol–water partition coefficient (Wildman–Crippen LogP) is 0.0250. The summed E-state index contributed by atoms with van der Waals surface area (Å²) < 4.78 is 17.8. The third-order valence-corrected chi connectivity index (χ3v) is 3.81. The molecule has 1 aliphatic rings. The molecular formula is C16H24FN5O2. The van der Waals surface area contributed by atoms with Crippen molar-refractivity contribution in [1.82, 2.24) is 10.2 Å². The molecule has 0 saturated carbocycles. The van der Waals surface area contributed by atoms with Crippen molar-refractivity contribution < 1.29 is 13.9 Å². The number of ether oxygens (including phenoxy) is 1. The number of carbonyl (C=O) groups is 1. The van der Waals surface area contributed by atoms with Gasteiger partial charge >= 0.3 is 0 Å². The van der Waals surface area contributed by atoms with Crippen LogP contribution in [0.1, 0.15) is 0 Å². The number of aliphatic imine (C=N–C) groups is 1. The summed E-state index contributed by atoms with van der Waals surface area (Å²) in [6, 6.07) is 6.46. The fourth-order valence-corrected chi connectivity index (χ4v) is 2.45. The number of amides is 1. The van der Waals surface area contributed by atoms with Crippen molar-refractivity contribution >= 4 is 17.6 Å². The van der Waals surface area contributed by atoms with Gasteiger partial charge in [-0.05, 0) is 24.3 Å². The Bertz CT molecular complexity index is 556. The fourth-order valence-electron chi connectivity index (χ4n) is 2.45. The lowest BCUT2D eigenvalue weighted by Crippen LogP contribution is -2.51. The Morgan fingerprint density at radius 1 is 1.29 bits per heavy atom. The van der Waals surface area contributed by atoms with Gasteiger partial charge in [0.2, 0.25) is 5.91 Å². The van der Waals surface area contributed by atoms with Crippen molar-refractivity contribution in [3.05, 3.63) is 30.1 Å². The number of nitrogens with one attached hydrogen (secondary N) is 1. The van der Waals surface area contributed by atoms with E-state index >= 15 is 0 Å². The Morgan fingerprint density at radius 3 is 2.58 bits per heavy atom. The van der Waals surface area contributed by atoms with Crippen LogP contribution in [0.2, 0.25) is 0 Å². The number of rotatable bonds is 6. The molecule has 7 nitrogen and oxygen atoms in total. The number of piperazine rings is 1. The van der Waals surface area contributed by atoms with Crippen LogP contribution in [0.3, 0.4) is 0 Å². The molecule has 0 atom stereocenters. The topological polar surface area (TPSA) is 83.2 Å². The molecule has 8 heteroatoms. The summed E-state index contributed by atoms with van der Waals surface area (Å²) in [5.41, 5.74) is 6.95. The zero-order valence-corrected chi connectivity index (χ0v) is 13.9. The molecule has 1 aliphatic heterocycles. The van der Waals surface area contributed by atoms with E-state index in [1.165, 1.54) is 12.1 Å². The van der Waals surface area contributed by atoms with Crippen LogP contribution in [0.15, 0.2) is 29.3 Å². The Labute approximate surface area is 141 Å². The number of nitrogens with two attached hydrogens (primary N) is 1. The highest BCUT2D eigenvalue weighted by molar-refractivity contribution is 5.84. The van der Waals surface area contributed by atoms with Crippen LogP contribution in [0.4, 0.5) is 10.1 Å². The Morgan fingerprint density at radius 2 is 1.96 bits per heavy atom. The van der Waals surface area contributed by atoms with E-state index in [4.69, 9.17) is 10.5 Å². The van der Waals surface area contributed by atoms with E-state index < -0.39 is 0 Å². The number of benzene rings is 1. The Kier molecular flexibility index (Phi) is 6.80. The maximum atomic E-state index is 13.0. The SMILES string of the molecule is COCCNC(=O)CN=C(N)N1CCN(c2ccc(F)cc2)CC1. The third-order valence-electron chi connectivity index (χ3n) is 3.81. The second-order valence-electron chi connectivity index (χ2n) is 5.47. The lowest BCUT2D eigenvalue weighted by molar-refractivity contribution is -0.119. The molecule has 1 aromatic rings. The zero-order chi connectivity index (χ0) is 17.4. The van der Waals surface area contributed by atoms with Gasteiger partial charge in [0, 0.05) is 45.5 Å². The predicted molar refractivity (Wildman–Crippen MR) is 91.6 cm³/mol. The first-order valence-corrected chi connectivity index (χ1v) is 7.91. The minimum atomic E-state index is -0.238. The van der Waals surface area contributed by atoms with E-state index in [2.05, 4.69) is 15.2 Å². The summed E-state index contributed by atoms with van der Waals surface area (Å²) in [6.07, 6.45) is 0. The highest BCUT2D eigenvalue weighted by Crippen LogP contribution is 2.16. The molecule has 1 saturated heterocycles. The average molecular weight is 337 g/mol. The van der Waals surface area contributed by atoms with Crippen molar-refractivity contribution in [3.8, 4) is 0 Å². The molecule has 0 bridgehead atoms. The van der Waals surface area contributed by atoms with Gasteiger partial charge in [-0.2, -0.15) is 0 Å². The lowest BCUT2D eigenvalue weighted by atomic mass is 10.2. The first-order chi connectivity index (χ1) is 11.6. The van der Waals surface area contributed by atoms with E-state index in [-0.39, 0.29) is 18.3 Å². The van der Waals surface area contributed by atoms with Crippen molar-refractivity contribution in [2.45, 2.75) is 0 Å². The second-order valence-corrected chi connectivity index (χ2v) is 5.47. The normalized spacial score (nSPS) is 15.5. The van der Waals surface area contributed by atoms with Crippen molar-refractivity contribution in [1.29, 1.82) is 0 Å². The molecule has 0 spiro atoms. The number of carbonyl (C=O) groups excluding carboxylic acids is 1. The Hall–Kier alpha value is -2.35. The number of guanidine groups is 1. The standard InChI is InChI=1S/C16H24FN5O2/c1-24-11-6-19-15(23)12-20-16(18)22-9-7-21(8-10-22)14-4-2-13(17)3-5-14/h2-5H,6-12H2,1H3,(H2,18,20)(H,19,23). The molecule has 2 rings (SSSR count). The summed E-state index contributed by atoms with van der Waals surface area (Å²) in [7, 11) is 1.58. The second kappa shape index (κ2) is 9.07. The molecule has 0 aliphatic carbocycles. The van der Waals surface area contributed by atoms with Gasteiger partial charge in [0.15, 0.2) is 5.96 Å². The number of halogens is 1. The highest BCUT2D eigenvalue weighted by atomic mass is 19.1. The molecule has 1 heterocycles. The van der Waals surface area contributed by atoms with E-state index in [1.807, 2.05) is 4.90 Å². The van der Waals surface area contributed by atoms with E-state index in [0.717, 1.165) is 18.8 Å². The van der Waals surface area contributed by atoms with E-state index in [1.54, 1.807) is 19.2 Å². The van der Waals surface area contributed by atoms with Gasteiger partial charge in [-0.15, -0.1) is 0 Å². The minimum Gasteiger partial charge on any atom is -0.383 e. The lowest BCUT2D eigenvalue weighted by Gasteiger charge is -2.36. The quantitative estimate of drug-likeness (QED) is 0.435. The van der Waals surface area contributed by atoms with Crippen LogP contribution in [0, 0.1) is 5.82 Å². The van der Waals surface area contributed by atoms with Gasteiger partial charge in [-0.1, -0.05) is 0 Å². The average Bonchev–Trinajstić information content (AvgIpc) is 2.61. The van der Waals surface area contributed by atoms with Gasteiger partial charge in [-0.3, -0.25) is 4.79 Å². The zero-order valence-electron chi connectivity index (χ0n) is 13.9. The number of nitrogens with zero attached hydrogens (tertiary/aromatic N) is 3. The van der Waals surface area contributed by atoms with Gasteiger partial charge in [-0.25, -0.2) is 9.38 Å². The van der Waals surface area contributed by atoms with Crippen molar-refractivity contribution in [2.75, 3.05) is 57.9 Å². The summed E-state index contributed by atoms with van der Waals surface area (Å²) in [6.45, 7) is 3.88. The number of hydrogen-bond acceptors (Lipinski definition) is 4. The van der Waals surface area contributed by atoms with Gasteiger partial charge in [0.1, 0.15) is 12.4 Å². The first kappa shape index (κ1) is 18.0. The van der Waals surface area contributed by atoms with E-state index in [9.17, 15) is 9.18 Å². The van der Waals surface area contributed by atoms with Crippen LogP contribution in [-0.4, -0.2) is 69.8 Å². The largest absolute Gasteiger partial charge is 0.383 e. The molecule has 1 amide bonds. The highest BCUT2D eigenvalue weighted by Gasteiger charge is 2.18. The van der Waals surface area contributed by atoms with Crippen LogP contribution >= 0.6 is 0 Å². The molecule has 24 heavy (non-hydrogen) atoms. The monoisotopic (exact) mass is 337 g/mol. The molecule has 3 N–H and O–H groups in total. The van der Waals surface area contributed by atoms with Gasteiger partial charge < -0.3 is 25.6 Å². The summed E-state index contributed by atoms with van der Waals surface area (Å²) in [5, 5.41) is 2.69. The summed E-state index contributed by atoms with van der Waals surface area (Å²) >= 11 is 0. The molecule has 0 radical (unpaired) electrons. The smallest absolute Gasteiger partial charge is 0.241 e. The minimum absolute atomic E-state index is 0.00766. The summed E-state index contributed by atoms with van der Waals surface area (Å²) in [4.78, 5) is 19.8. The van der Waals surface area contributed by atoms with Crippen LogP contribution in [-0.2, 0) is 9.53 Å². The maximum Gasteiger partial charge on any atom is 0.241 e. The molecule has 1 fully saturated rings. The van der Waals surface area contributed by atoms with Crippen molar-refractivity contribution in [3.63, 3.8) is 0 Å². The third kappa shape index (κ3) is 5.38. The summed E-state index contributed by atoms with van der Waals surface area (Å²) in [5.74, 6) is -0.0480. The molecule has 0 aromatic heterocycles. The van der Waals surface area contributed by atoms with Crippen LogP contribution < -0.4 is 16.0 Å². The molecule has 132 valence electrons. The van der Waals surface area contributed by atoms with Crippen LogP contribution in [0.25, 0.3) is 0 Å². The number of methoxy groups -OCH3 is 1. The maximum absolute atomic E-state index is 13.0. The molecule has 1 aromatic carbocycles. The van der Waals surface area contributed by atoms with Gasteiger partial charge in [0.05, 0.1) is 6.61 Å². The molecular weight excluding hydrogens is 313 g/mol. The fraction of sp³-hybridized carbons (Fsp3) is 0.500. The Balaban J connectivity index is 1.77. The number of anilines is 1. The van der Waals surface area contributed by atoms with Crippen molar-refractivity contribution in [2.24, 2.45) is 10.7 Å². The van der Waals surface area contributed by atoms with Crippen LogP contribution in [0.5, 0.6) is 0 Å². The number of hydrogen-bond donors (Lipinski definition) is 2. The van der Waals surface area contributed by atoms with Gasteiger partial charge in [0.25, 0.3) is 0 Å². The first-order valence-electron chi connectivity index (χ1n) is 7.91. The van der Waals surface area contributed by atoms with E-state index in [0.29, 0.717) is 32.2 Å². The molecule has 0 unspecified atom stereocenters.